The van der Waals surface area contributed by atoms with Crippen LogP contribution in [0.15, 0.2) is 24.3 Å². The number of anilines is 1. The molecule has 7 heteroatoms. The molecule has 0 bridgehead atoms. The molecule has 2 aromatic rings. The highest BCUT2D eigenvalue weighted by Gasteiger charge is 2.06. The van der Waals surface area contributed by atoms with Gasteiger partial charge in [0.15, 0.2) is 0 Å². The molecule has 0 saturated carbocycles. The van der Waals surface area contributed by atoms with Gasteiger partial charge in [0.2, 0.25) is 5.95 Å². The third kappa shape index (κ3) is 3.71. The number of hydrogen-bond acceptors (Lipinski definition) is 7. The Hall–Kier alpha value is -2.57. The van der Waals surface area contributed by atoms with Gasteiger partial charge in [0.1, 0.15) is 12.4 Å². The molecule has 1 heterocycles. The van der Waals surface area contributed by atoms with Crippen LogP contribution in [0.4, 0.5) is 5.95 Å². The maximum atomic E-state index is 5.56. The molecule has 2 rings (SSSR count). The van der Waals surface area contributed by atoms with Gasteiger partial charge in [-0.15, -0.1) is 4.98 Å². The van der Waals surface area contributed by atoms with Gasteiger partial charge in [0, 0.05) is 0 Å². The van der Waals surface area contributed by atoms with Crippen LogP contribution in [0.3, 0.4) is 0 Å². The van der Waals surface area contributed by atoms with Gasteiger partial charge in [-0.2, -0.15) is 9.97 Å². The van der Waals surface area contributed by atoms with Crippen molar-refractivity contribution in [1.82, 2.24) is 15.0 Å². The van der Waals surface area contributed by atoms with Crippen molar-refractivity contribution < 1.29 is 14.2 Å². The Bertz CT molecular complexity index is 560. The van der Waals surface area contributed by atoms with Gasteiger partial charge in [-0.1, -0.05) is 12.1 Å². The number of nitrogens with zero attached hydrogens (tertiary/aromatic N) is 3. The largest absolute Gasteiger partial charge is 0.497 e. The van der Waals surface area contributed by atoms with Crippen molar-refractivity contribution in [3.05, 3.63) is 29.8 Å². The standard InChI is InChI=1S/C13H16N4O3/c1-3-19-12-15-11(14)16-13(17-12)20-8-9-4-6-10(18-2)7-5-9/h4-7H,3,8H2,1-2H3,(H2,14,15,16,17). The van der Waals surface area contributed by atoms with Crippen LogP contribution in [0, 0.1) is 0 Å². The van der Waals surface area contributed by atoms with Gasteiger partial charge < -0.3 is 19.9 Å². The number of benzene rings is 1. The van der Waals surface area contributed by atoms with Crippen LogP contribution in [-0.4, -0.2) is 28.7 Å². The zero-order valence-corrected chi connectivity index (χ0v) is 11.4. The molecule has 0 spiro atoms. The number of rotatable bonds is 6. The van der Waals surface area contributed by atoms with Crippen LogP contribution in [0.5, 0.6) is 17.8 Å². The molecule has 2 N–H and O–H groups in total. The molecule has 0 aliphatic heterocycles. The van der Waals surface area contributed by atoms with Crippen LogP contribution < -0.4 is 19.9 Å². The SMILES string of the molecule is CCOc1nc(N)nc(OCc2ccc(OC)cc2)n1. The molecule has 0 aliphatic carbocycles. The van der Waals surface area contributed by atoms with Crippen molar-refractivity contribution in [2.75, 3.05) is 19.5 Å². The maximum Gasteiger partial charge on any atom is 0.324 e. The summed E-state index contributed by atoms with van der Waals surface area (Å²) < 4.78 is 15.7. The fourth-order valence-corrected chi connectivity index (χ4v) is 1.48. The number of aromatic nitrogens is 3. The predicted octanol–water partition coefficient (Wildman–Crippen LogP) is 1.44. The number of methoxy groups -OCH3 is 1. The van der Waals surface area contributed by atoms with Crippen LogP contribution >= 0.6 is 0 Å². The zero-order valence-electron chi connectivity index (χ0n) is 11.4. The first-order valence-corrected chi connectivity index (χ1v) is 6.11. The summed E-state index contributed by atoms with van der Waals surface area (Å²) in [6, 6.07) is 7.79. The van der Waals surface area contributed by atoms with E-state index in [1.54, 1.807) is 7.11 Å². The molecule has 0 unspecified atom stereocenters. The lowest BCUT2D eigenvalue weighted by atomic mass is 10.2. The molecule has 0 aliphatic rings. The maximum absolute atomic E-state index is 5.56. The minimum absolute atomic E-state index is 0.0631. The molecule has 7 nitrogen and oxygen atoms in total. The van der Waals surface area contributed by atoms with Gasteiger partial charge in [-0.05, 0) is 24.6 Å². The number of ether oxygens (including phenoxy) is 3. The first-order chi connectivity index (χ1) is 9.71. The van der Waals surface area contributed by atoms with Crippen LogP contribution in [0.25, 0.3) is 0 Å². The van der Waals surface area contributed by atoms with Gasteiger partial charge >= 0.3 is 12.0 Å². The Balaban J connectivity index is 2.02. The topological polar surface area (TPSA) is 92.4 Å². The van der Waals surface area contributed by atoms with E-state index in [1.165, 1.54) is 0 Å². The fraction of sp³-hybridized carbons (Fsp3) is 0.308. The number of hydrogen-bond donors (Lipinski definition) is 1. The highest BCUT2D eigenvalue weighted by atomic mass is 16.5. The van der Waals surface area contributed by atoms with Gasteiger partial charge in [-0.3, -0.25) is 0 Å². The summed E-state index contributed by atoms with van der Waals surface area (Å²) in [6.45, 7) is 2.60. The Morgan fingerprint density at radius 3 is 2.25 bits per heavy atom. The third-order valence-electron chi connectivity index (χ3n) is 2.41. The van der Waals surface area contributed by atoms with E-state index in [0.717, 1.165) is 11.3 Å². The van der Waals surface area contributed by atoms with Crippen molar-refractivity contribution in [1.29, 1.82) is 0 Å². The molecular weight excluding hydrogens is 260 g/mol. The van der Waals surface area contributed by atoms with Crippen LogP contribution in [0.2, 0.25) is 0 Å². The average Bonchev–Trinajstić information content (AvgIpc) is 2.45. The summed E-state index contributed by atoms with van der Waals surface area (Å²) in [5, 5.41) is 0. The molecule has 106 valence electrons. The van der Waals surface area contributed by atoms with E-state index in [-0.39, 0.29) is 18.0 Å². The highest BCUT2D eigenvalue weighted by molar-refractivity contribution is 5.27. The predicted molar refractivity (Wildman–Crippen MR) is 72.7 cm³/mol. The number of nitrogen functional groups attached to an aromatic ring is 1. The summed E-state index contributed by atoms with van der Waals surface area (Å²) in [7, 11) is 1.62. The lowest BCUT2D eigenvalue weighted by Gasteiger charge is -2.07. The van der Waals surface area contributed by atoms with Crippen molar-refractivity contribution in [3.63, 3.8) is 0 Å². The molecule has 0 radical (unpaired) electrons. The Morgan fingerprint density at radius 2 is 1.65 bits per heavy atom. The summed E-state index contributed by atoms with van der Waals surface area (Å²) in [5.41, 5.74) is 6.52. The number of nitrogens with two attached hydrogens (primary N) is 1. The second-order valence-electron chi connectivity index (χ2n) is 3.83. The quantitative estimate of drug-likeness (QED) is 0.853. The molecule has 0 amide bonds. The molecule has 0 atom stereocenters. The summed E-state index contributed by atoms with van der Waals surface area (Å²) >= 11 is 0. The zero-order chi connectivity index (χ0) is 14.4. The van der Waals surface area contributed by atoms with Crippen molar-refractivity contribution >= 4 is 5.95 Å². The third-order valence-corrected chi connectivity index (χ3v) is 2.41. The minimum atomic E-state index is 0.0631. The molecule has 0 fully saturated rings. The minimum Gasteiger partial charge on any atom is -0.497 e. The van der Waals surface area contributed by atoms with E-state index in [4.69, 9.17) is 19.9 Å². The highest BCUT2D eigenvalue weighted by Crippen LogP contribution is 2.15. The monoisotopic (exact) mass is 276 g/mol. The molecule has 1 aromatic carbocycles. The second-order valence-corrected chi connectivity index (χ2v) is 3.83. The van der Waals surface area contributed by atoms with Crippen molar-refractivity contribution in [3.8, 4) is 17.8 Å². The van der Waals surface area contributed by atoms with Crippen LogP contribution in [-0.2, 0) is 6.61 Å². The van der Waals surface area contributed by atoms with E-state index in [1.807, 2.05) is 31.2 Å². The average molecular weight is 276 g/mol. The Morgan fingerprint density at radius 1 is 1.00 bits per heavy atom. The lowest BCUT2D eigenvalue weighted by molar-refractivity contribution is 0.262. The van der Waals surface area contributed by atoms with Crippen molar-refractivity contribution in [2.45, 2.75) is 13.5 Å². The van der Waals surface area contributed by atoms with E-state index in [9.17, 15) is 0 Å². The fourth-order valence-electron chi connectivity index (χ4n) is 1.48. The second kappa shape index (κ2) is 6.55. The van der Waals surface area contributed by atoms with Crippen molar-refractivity contribution in [2.24, 2.45) is 0 Å². The molecular formula is C13H16N4O3. The molecule has 1 aromatic heterocycles. The van der Waals surface area contributed by atoms with E-state index < -0.39 is 0 Å². The normalized spacial score (nSPS) is 10.1. The van der Waals surface area contributed by atoms with Gasteiger partial charge in [0.25, 0.3) is 0 Å². The smallest absolute Gasteiger partial charge is 0.324 e. The van der Waals surface area contributed by atoms with E-state index in [0.29, 0.717) is 13.2 Å². The van der Waals surface area contributed by atoms with E-state index >= 15 is 0 Å². The van der Waals surface area contributed by atoms with Gasteiger partial charge in [0.05, 0.1) is 13.7 Å². The Labute approximate surface area is 116 Å². The molecule has 0 saturated heterocycles. The van der Waals surface area contributed by atoms with E-state index in [2.05, 4.69) is 15.0 Å². The molecule has 20 heavy (non-hydrogen) atoms. The summed E-state index contributed by atoms with van der Waals surface area (Å²) in [4.78, 5) is 11.7. The summed E-state index contributed by atoms with van der Waals surface area (Å²) in [6.07, 6.45) is 0. The first kappa shape index (κ1) is 13.9. The lowest BCUT2D eigenvalue weighted by Crippen LogP contribution is -2.06. The van der Waals surface area contributed by atoms with Gasteiger partial charge in [-0.25, -0.2) is 0 Å². The van der Waals surface area contributed by atoms with Crippen LogP contribution in [0.1, 0.15) is 12.5 Å². The Kier molecular flexibility index (Phi) is 4.54. The first-order valence-electron chi connectivity index (χ1n) is 6.11. The summed E-state index contributed by atoms with van der Waals surface area (Å²) in [5.74, 6) is 0.852.